The highest BCUT2D eigenvalue weighted by Crippen LogP contribution is 2.47. The van der Waals surface area contributed by atoms with Crippen molar-refractivity contribution >= 4 is 32.3 Å². The van der Waals surface area contributed by atoms with Crippen molar-refractivity contribution in [2.45, 2.75) is 25.4 Å². The first kappa shape index (κ1) is 24.1. The fourth-order valence-corrected chi connectivity index (χ4v) is 7.12. The molecule has 0 aromatic heterocycles. The van der Waals surface area contributed by atoms with Gasteiger partial charge in [-0.2, -0.15) is 0 Å². The van der Waals surface area contributed by atoms with Crippen molar-refractivity contribution in [3.8, 4) is 22.3 Å². The Balaban J connectivity index is 1.26. The van der Waals surface area contributed by atoms with Crippen molar-refractivity contribution in [3.05, 3.63) is 156 Å². The summed E-state index contributed by atoms with van der Waals surface area (Å²) in [5.74, 6) is 0. The van der Waals surface area contributed by atoms with Crippen molar-refractivity contribution in [1.82, 2.24) is 0 Å². The summed E-state index contributed by atoms with van der Waals surface area (Å²) in [5.41, 5.74) is 8.90. The van der Waals surface area contributed by atoms with E-state index in [1.54, 1.807) is 0 Å². The minimum Gasteiger partial charge on any atom is -0.384 e. The Morgan fingerprint density at radius 1 is 0.415 bits per heavy atom. The molecule has 196 valence electrons. The summed E-state index contributed by atoms with van der Waals surface area (Å²) in [4.78, 5) is 0. The molecule has 1 unspecified atom stereocenters. The lowest BCUT2D eigenvalue weighted by atomic mass is 9.67. The third-order valence-electron chi connectivity index (χ3n) is 9.22. The van der Waals surface area contributed by atoms with E-state index in [1.165, 1.54) is 54.6 Å². The summed E-state index contributed by atoms with van der Waals surface area (Å²) in [6.45, 7) is 4.51. The van der Waals surface area contributed by atoms with Gasteiger partial charge in [-0.1, -0.05) is 129 Å². The van der Waals surface area contributed by atoms with E-state index >= 15 is 0 Å². The van der Waals surface area contributed by atoms with Gasteiger partial charge in [-0.3, -0.25) is 0 Å². The maximum Gasteiger partial charge on any atom is 0.105 e. The lowest BCUT2D eigenvalue weighted by Gasteiger charge is -2.38. The molecule has 7 aromatic rings. The van der Waals surface area contributed by atoms with Gasteiger partial charge in [0.1, 0.15) is 6.10 Å². The number of benzene rings is 7. The molecule has 7 aromatic carbocycles. The molecule has 1 aliphatic carbocycles. The third kappa shape index (κ3) is 3.59. The maximum absolute atomic E-state index is 11.4. The van der Waals surface area contributed by atoms with E-state index in [9.17, 15) is 5.11 Å². The summed E-state index contributed by atoms with van der Waals surface area (Å²) in [6, 6.07) is 48.0. The predicted octanol–water partition coefficient (Wildman–Crippen LogP) is 10.2. The van der Waals surface area contributed by atoms with Crippen LogP contribution in [0.3, 0.4) is 0 Å². The van der Waals surface area contributed by atoms with Crippen LogP contribution in [-0.4, -0.2) is 5.11 Å². The number of rotatable bonds is 2. The molecule has 0 aliphatic heterocycles. The lowest BCUT2D eigenvalue weighted by molar-refractivity contribution is 0.210. The van der Waals surface area contributed by atoms with Crippen LogP contribution in [0.1, 0.15) is 42.2 Å². The average Bonchev–Trinajstić information content (AvgIpc) is 3.03. The Morgan fingerprint density at radius 3 is 1.59 bits per heavy atom. The highest BCUT2D eigenvalue weighted by atomic mass is 16.3. The molecule has 1 nitrogen and oxygen atoms in total. The molecule has 1 N–H and O–H groups in total. The second kappa shape index (κ2) is 8.89. The van der Waals surface area contributed by atoms with Crippen LogP contribution in [0.25, 0.3) is 54.6 Å². The molecule has 0 spiro atoms. The molecule has 1 atom stereocenters. The van der Waals surface area contributed by atoms with Gasteiger partial charge >= 0.3 is 0 Å². The topological polar surface area (TPSA) is 20.2 Å². The molecular formula is C40H30O. The maximum atomic E-state index is 11.4. The van der Waals surface area contributed by atoms with Crippen LogP contribution >= 0.6 is 0 Å². The van der Waals surface area contributed by atoms with E-state index in [0.717, 1.165) is 22.3 Å². The fourth-order valence-electron chi connectivity index (χ4n) is 7.12. The van der Waals surface area contributed by atoms with Crippen LogP contribution in [-0.2, 0) is 5.41 Å². The van der Waals surface area contributed by atoms with Crippen LogP contribution in [0.2, 0.25) is 0 Å². The van der Waals surface area contributed by atoms with Crippen molar-refractivity contribution in [2.75, 3.05) is 0 Å². The summed E-state index contributed by atoms with van der Waals surface area (Å²) in [5, 5.41) is 19.1. The van der Waals surface area contributed by atoms with E-state index in [-0.39, 0.29) is 5.41 Å². The number of fused-ring (bicyclic) bond motifs is 8. The smallest absolute Gasteiger partial charge is 0.105 e. The van der Waals surface area contributed by atoms with Gasteiger partial charge in [0.15, 0.2) is 0 Å². The molecule has 41 heavy (non-hydrogen) atoms. The van der Waals surface area contributed by atoms with Gasteiger partial charge in [-0.05, 0) is 95.0 Å². The quantitative estimate of drug-likeness (QED) is 0.222. The molecule has 1 aliphatic rings. The molecule has 0 saturated carbocycles. The molecule has 0 bridgehead atoms. The highest BCUT2D eigenvalue weighted by molar-refractivity contribution is 6.25. The molecular weight excluding hydrogens is 496 g/mol. The lowest BCUT2D eigenvalue weighted by Crippen LogP contribution is -2.29. The summed E-state index contributed by atoms with van der Waals surface area (Å²) >= 11 is 0. The standard InChI is InChI=1S/C40H30O/c1-40(2)37-17-8-7-16-34(37)39(41)36-24-28(19-21-38(36)40)26-11-9-10-25(22-26)27-18-20-33-31-14-4-3-12-29(31)30-13-5-6-15-32(30)35(33)23-27/h3-24,39,41H,1-2H3. The molecule has 0 saturated heterocycles. The SMILES string of the molecule is CC1(C)c2ccccc2C(O)c2cc(-c3cccc(-c4ccc5c6ccccc6c6ccccc6c5c4)c3)ccc21. The van der Waals surface area contributed by atoms with E-state index < -0.39 is 6.10 Å². The normalized spacial score (nSPS) is 15.6. The highest BCUT2D eigenvalue weighted by Gasteiger charge is 2.36. The number of hydrogen-bond acceptors (Lipinski definition) is 1. The monoisotopic (exact) mass is 526 g/mol. The molecule has 8 rings (SSSR count). The average molecular weight is 527 g/mol. The van der Waals surface area contributed by atoms with Gasteiger partial charge < -0.3 is 5.11 Å². The Hall–Kier alpha value is -4.72. The summed E-state index contributed by atoms with van der Waals surface area (Å²) < 4.78 is 0. The predicted molar refractivity (Wildman–Crippen MR) is 172 cm³/mol. The zero-order valence-electron chi connectivity index (χ0n) is 23.2. The van der Waals surface area contributed by atoms with Crippen LogP contribution in [0.5, 0.6) is 0 Å². The van der Waals surface area contributed by atoms with Crippen molar-refractivity contribution < 1.29 is 5.11 Å². The van der Waals surface area contributed by atoms with E-state index in [2.05, 4.69) is 141 Å². The fraction of sp³-hybridized carbons (Fsp3) is 0.100. The zero-order chi connectivity index (χ0) is 27.7. The summed E-state index contributed by atoms with van der Waals surface area (Å²) in [6.07, 6.45) is -0.624. The van der Waals surface area contributed by atoms with Crippen LogP contribution < -0.4 is 0 Å². The number of aliphatic hydroxyl groups is 1. The second-order valence-corrected chi connectivity index (χ2v) is 11.8. The first-order valence-electron chi connectivity index (χ1n) is 14.4. The zero-order valence-corrected chi connectivity index (χ0v) is 23.2. The van der Waals surface area contributed by atoms with E-state index in [1.807, 2.05) is 6.07 Å². The van der Waals surface area contributed by atoms with Crippen molar-refractivity contribution in [2.24, 2.45) is 0 Å². The molecule has 1 heteroatoms. The Labute approximate surface area is 240 Å². The number of hydrogen-bond donors (Lipinski definition) is 1. The summed E-state index contributed by atoms with van der Waals surface area (Å²) in [7, 11) is 0. The van der Waals surface area contributed by atoms with Crippen molar-refractivity contribution in [1.29, 1.82) is 0 Å². The number of aliphatic hydroxyl groups excluding tert-OH is 1. The van der Waals surface area contributed by atoms with Gasteiger partial charge in [0.05, 0.1) is 0 Å². The molecule has 0 heterocycles. The van der Waals surface area contributed by atoms with E-state index in [0.29, 0.717) is 0 Å². The van der Waals surface area contributed by atoms with Crippen LogP contribution in [0.15, 0.2) is 133 Å². The first-order chi connectivity index (χ1) is 20.0. The minimum atomic E-state index is -0.624. The minimum absolute atomic E-state index is 0.163. The van der Waals surface area contributed by atoms with Crippen LogP contribution in [0, 0.1) is 0 Å². The van der Waals surface area contributed by atoms with Crippen molar-refractivity contribution in [3.63, 3.8) is 0 Å². The van der Waals surface area contributed by atoms with Crippen LogP contribution in [0.4, 0.5) is 0 Å². The Bertz CT molecular complexity index is 2110. The van der Waals surface area contributed by atoms with E-state index in [4.69, 9.17) is 0 Å². The first-order valence-corrected chi connectivity index (χ1v) is 14.4. The Kier molecular flexibility index (Phi) is 5.23. The third-order valence-corrected chi connectivity index (χ3v) is 9.22. The van der Waals surface area contributed by atoms with Gasteiger partial charge in [0.25, 0.3) is 0 Å². The Morgan fingerprint density at radius 2 is 0.902 bits per heavy atom. The van der Waals surface area contributed by atoms with Gasteiger partial charge in [0, 0.05) is 5.41 Å². The largest absolute Gasteiger partial charge is 0.384 e. The van der Waals surface area contributed by atoms with Gasteiger partial charge in [0.2, 0.25) is 0 Å². The molecule has 0 radical (unpaired) electrons. The van der Waals surface area contributed by atoms with Gasteiger partial charge in [-0.15, -0.1) is 0 Å². The van der Waals surface area contributed by atoms with Gasteiger partial charge in [-0.25, -0.2) is 0 Å². The molecule has 0 fully saturated rings. The molecule has 0 amide bonds. The second-order valence-electron chi connectivity index (χ2n) is 11.8.